The molecule has 0 aliphatic heterocycles. The third kappa shape index (κ3) is 7.67. The molecule has 0 amide bonds. The molecule has 0 bridgehead atoms. The Morgan fingerprint density at radius 1 is 1.20 bits per heavy atom. The minimum atomic E-state index is 0.844. The first-order chi connectivity index (χ1) is 12.2. The molecule has 136 valence electrons. The average Bonchev–Trinajstić information content (AvgIpc) is 3.03. The van der Waals surface area contributed by atoms with Gasteiger partial charge in [-0.25, -0.2) is 4.98 Å². The highest BCUT2D eigenvalue weighted by Gasteiger charge is 2.02. The Morgan fingerprint density at radius 3 is 2.64 bits per heavy atom. The highest BCUT2D eigenvalue weighted by atomic mass is 32.1. The van der Waals surface area contributed by atoms with Gasteiger partial charge in [-0.15, -0.1) is 11.3 Å². The lowest BCUT2D eigenvalue weighted by atomic mass is 10.2. The fourth-order valence-electron chi connectivity index (χ4n) is 2.58. The van der Waals surface area contributed by atoms with E-state index in [1.807, 2.05) is 14.0 Å². The van der Waals surface area contributed by atoms with E-state index in [-0.39, 0.29) is 0 Å². The molecule has 1 aromatic heterocycles. The van der Waals surface area contributed by atoms with E-state index >= 15 is 0 Å². The zero-order valence-electron chi connectivity index (χ0n) is 15.5. The van der Waals surface area contributed by atoms with Crippen molar-refractivity contribution in [2.24, 2.45) is 4.99 Å². The Hall–Kier alpha value is -1.92. The standard InChI is InChI=1S/C19H29N5S/c1-16-23-18(15-25-16)10-12-22-19(20-2)21-11-7-13-24(3)14-17-8-5-4-6-9-17/h4-6,8-9,15H,7,10-14H2,1-3H3,(H2,20,21,22). The van der Waals surface area contributed by atoms with E-state index in [1.54, 1.807) is 11.3 Å². The number of benzene rings is 1. The van der Waals surface area contributed by atoms with E-state index in [0.29, 0.717) is 0 Å². The average molecular weight is 360 g/mol. The van der Waals surface area contributed by atoms with Crippen LogP contribution in [0.5, 0.6) is 0 Å². The summed E-state index contributed by atoms with van der Waals surface area (Å²) < 4.78 is 0. The molecule has 0 aliphatic carbocycles. The van der Waals surface area contributed by atoms with Gasteiger partial charge in [-0.05, 0) is 32.5 Å². The normalized spacial score (nSPS) is 11.8. The minimum Gasteiger partial charge on any atom is -0.356 e. The number of guanidine groups is 1. The van der Waals surface area contributed by atoms with Crippen LogP contribution in [-0.4, -0.2) is 49.6 Å². The quantitative estimate of drug-likeness (QED) is 0.411. The molecule has 0 radical (unpaired) electrons. The Kier molecular flexibility index (Phi) is 8.42. The van der Waals surface area contributed by atoms with E-state index in [0.717, 1.165) is 55.7 Å². The molecule has 0 atom stereocenters. The lowest BCUT2D eigenvalue weighted by molar-refractivity contribution is 0.322. The number of hydrogen-bond donors (Lipinski definition) is 2. The second kappa shape index (κ2) is 10.8. The first-order valence-electron chi connectivity index (χ1n) is 8.75. The maximum atomic E-state index is 4.48. The highest BCUT2D eigenvalue weighted by Crippen LogP contribution is 2.07. The summed E-state index contributed by atoms with van der Waals surface area (Å²) in [5, 5.41) is 9.96. The monoisotopic (exact) mass is 359 g/mol. The Labute approximate surface area is 155 Å². The molecule has 0 saturated heterocycles. The van der Waals surface area contributed by atoms with Crippen LogP contribution in [-0.2, 0) is 13.0 Å². The number of rotatable bonds is 9. The van der Waals surface area contributed by atoms with E-state index in [2.05, 4.69) is 68.3 Å². The van der Waals surface area contributed by atoms with Gasteiger partial charge >= 0.3 is 0 Å². The summed E-state index contributed by atoms with van der Waals surface area (Å²) >= 11 is 1.70. The molecule has 0 aliphatic rings. The molecule has 0 saturated carbocycles. The van der Waals surface area contributed by atoms with Crippen LogP contribution in [0.2, 0.25) is 0 Å². The molecule has 0 unspecified atom stereocenters. The molecule has 6 heteroatoms. The van der Waals surface area contributed by atoms with Gasteiger partial charge in [0.05, 0.1) is 10.7 Å². The molecule has 0 spiro atoms. The topological polar surface area (TPSA) is 52.6 Å². The number of aryl methyl sites for hydroxylation is 1. The summed E-state index contributed by atoms with van der Waals surface area (Å²) in [4.78, 5) is 11.1. The minimum absolute atomic E-state index is 0.844. The van der Waals surface area contributed by atoms with E-state index in [4.69, 9.17) is 0 Å². The Bertz CT molecular complexity index is 638. The molecule has 0 fully saturated rings. The third-order valence-electron chi connectivity index (χ3n) is 3.87. The van der Waals surface area contributed by atoms with E-state index in [9.17, 15) is 0 Å². The number of nitrogens with zero attached hydrogens (tertiary/aromatic N) is 3. The predicted molar refractivity (Wildman–Crippen MR) is 107 cm³/mol. The zero-order valence-corrected chi connectivity index (χ0v) is 16.3. The van der Waals surface area contributed by atoms with Crippen LogP contribution in [0, 0.1) is 6.92 Å². The van der Waals surface area contributed by atoms with Crippen LogP contribution >= 0.6 is 11.3 Å². The van der Waals surface area contributed by atoms with Gasteiger partial charge in [-0.1, -0.05) is 30.3 Å². The fourth-order valence-corrected chi connectivity index (χ4v) is 3.23. The van der Waals surface area contributed by atoms with Crippen molar-refractivity contribution >= 4 is 17.3 Å². The second-order valence-corrected chi connectivity index (χ2v) is 7.17. The van der Waals surface area contributed by atoms with Crippen LogP contribution in [0.4, 0.5) is 0 Å². The third-order valence-corrected chi connectivity index (χ3v) is 4.69. The molecule has 2 N–H and O–H groups in total. The van der Waals surface area contributed by atoms with Crippen molar-refractivity contribution in [1.82, 2.24) is 20.5 Å². The van der Waals surface area contributed by atoms with Crippen LogP contribution in [0.25, 0.3) is 0 Å². The van der Waals surface area contributed by atoms with Crippen molar-refractivity contribution < 1.29 is 0 Å². The number of thiazole rings is 1. The number of hydrogen-bond acceptors (Lipinski definition) is 4. The second-order valence-electron chi connectivity index (χ2n) is 6.11. The zero-order chi connectivity index (χ0) is 17.9. The van der Waals surface area contributed by atoms with Crippen LogP contribution < -0.4 is 10.6 Å². The largest absolute Gasteiger partial charge is 0.356 e. The van der Waals surface area contributed by atoms with Crippen molar-refractivity contribution in [3.8, 4) is 0 Å². The van der Waals surface area contributed by atoms with E-state index in [1.165, 1.54) is 5.56 Å². The summed E-state index contributed by atoms with van der Waals surface area (Å²) in [7, 11) is 3.97. The first kappa shape index (κ1) is 19.4. The van der Waals surface area contributed by atoms with Gasteiger partial charge < -0.3 is 15.5 Å². The van der Waals surface area contributed by atoms with Gasteiger partial charge in [0.25, 0.3) is 0 Å². The van der Waals surface area contributed by atoms with Crippen LogP contribution in [0.15, 0.2) is 40.7 Å². The van der Waals surface area contributed by atoms with Crippen molar-refractivity contribution in [2.75, 3.05) is 33.7 Å². The highest BCUT2D eigenvalue weighted by molar-refractivity contribution is 7.09. The maximum absolute atomic E-state index is 4.48. The summed E-state index contributed by atoms with van der Waals surface area (Å²) in [6.45, 7) is 5.83. The van der Waals surface area contributed by atoms with Gasteiger partial charge in [0.2, 0.25) is 0 Å². The predicted octanol–water partition coefficient (Wildman–Crippen LogP) is 2.68. The molecule has 1 aromatic carbocycles. The molecule has 2 aromatic rings. The number of aliphatic imine (C=N–C) groups is 1. The van der Waals surface area contributed by atoms with Gasteiger partial charge in [0.15, 0.2) is 5.96 Å². The van der Waals surface area contributed by atoms with E-state index < -0.39 is 0 Å². The fraction of sp³-hybridized carbons (Fsp3) is 0.474. The molecular formula is C19H29N5S. The van der Waals surface area contributed by atoms with Crippen molar-refractivity contribution in [3.05, 3.63) is 52.0 Å². The van der Waals surface area contributed by atoms with Gasteiger partial charge in [0.1, 0.15) is 0 Å². The van der Waals surface area contributed by atoms with Gasteiger partial charge in [-0.3, -0.25) is 4.99 Å². The van der Waals surface area contributed by atoms with Crippen LogP contribution in [0.1, 0.15) is 22.7 Å². The Morgan fingerprint density at radius 2 is 1.96 bits per heavy atom. The molecule has 1 heterocycles. The SMILES string of the molecule is CN=C(NCCCN(C)Cc1ccccc1)NCCc1csc(C)n1. The molecule has 5 nitrogen and oxygen atoms in total. The summed E-state index contributed by atoms with van der Waals surface area (Å²) in [6.07, 6.45) is 2.00. The summed E-state index contributed by atoms with van der Waals surface area (Å²) in [5.74, 6) is 0.859. The van der Waals surface area contributed by atoms with Crippen LogP contribution in [0.3, 0.4) is 0 Å². The first-order valence-corrected chi connectivity index (χ1v) is 9.63. The molecule has 2 rings (SSSR count). The Balaban J connectivity index is 1.57. The number of nitrogens with one attached hydrogen (secondary N) is 2. The summed E-state index contributed by atoms with van der Waals surface area (Å²) in [6, 6.07) is 10.6. The lowest BCUT2D eigenvalue weighted by Gasteiger charge is -2.17. The van der Waals surface area contributed by atoms with Crippen molar-refractivity contribution in [3.63, 3.8) is 0 Å². The molecule has 25 heavy (non-hydrogen) atoms. The van der Waals surface area contributed by atoms with Gasteiger partial charge in [0, 0.05) is 38.5 Å². The maximum Gasteiger partial charge on any atom is 0.190 e. The number of aromatic nitrogens is 1. The van der Waals surface area contributed by atoms with Gasteiger partial charge in [-0.2, -0.15) is 0 Å². The summed E-state index contributed by atoms with van der Waals surface area (Å²) in [5.41, 5.74) is 2.50. The van der Waals surface area contributed by atoms with Crippen molar-refractivity contribution in [1.29, 1.82) is 0 Å². The lowest BCUT2D eigenvalue weighted by Crippen LogP contribution is -2.39. The van der Waals surface area contributed by atoms with Crippen molar-refractivity contribution in [2.45, 2.75) is 26.3 Å². The molecular weight excluding hydrogens is 330 g/mol. The smallest absolute Gasteiger partial charge is 0.190 e.